The summed E-state index contributed by atoms with van der Waals surface area (Å²) in [5, 5.41) is 0. The second-order valence-corrected chi connectivity index (χ2v) is 2.46. The van der Waals surface area contributed by atoms with Crippen LogP contribution in [0.1, 0.15) is 0 Å². The zero-order valence-electron chi connectivity index (χ0n) is 4.00. The highest BCUT2D eigenvalue weighted by Gasteiger charge is 1.93. The topological polar surface area (TPSA) is 30.2 Å². The minimum atomic E-state index is -0.0598. The van der Waals surface area contributed by atoms with E-state index in [1.165, 1.54) is 0 Å². The largest absolute Gasteiger partial charge is 0.450 e. The third-order valence-electron chi connectivity index (χ3n) is 0.703. The van der Waals surface area contributed by atoms with Crippen LogP contribution in [0.3, 0.4) is 0 Å². The lowest BCUT2D eigenvalue weighted by atomic mass is 10.7. The molecule has 0 saturated heterocycles. The summed E-state index contributed by atoms with van der Waals surface area (Å²) in [5.74, 6) is 0. The van der Waals surface area contributed by atoms with Gasteiger partial charge in [-0.15, -0.1) is 0 Å². The Bertz CT molecular complexity index is 194. The van der Waals surface area contributed by atoms with Gasteiger partial charge in [0, 0.05) is 0 Å². The molecule has 0 saturated carbocycles. The van der Waals surface area contributed by atoms with Gasteiger partial charge in [0.2, 0.25) is 8.46 Å². The molecule has 0 fully saturated rings. The van der Waals surface area contributed by atoms with E-state index in [9.17, 15) is 4.57 Å². The van der Waals surface area contributed by atoms with E-state index < -0.39 is 0 Å². The molecule has 4 heteroatoms. The third-order valence-corrected chi connectivity index (χ3v) is 1.43. The fraction of sp³-hybridized carbons (Fsp3) is 0. The molecule has 42 valence electrons. The van der Waals surface area contributed by atoms with Gasteiger partial charge in [-0.3, -0.25) is 4.57 Å². The van der Waals surface area contributed by atoms with Crippen molar-refractivity contribution in [3.63, 3.8) is 0 Å². The van der Waals surface area contributed by atoms with Crippen molar-refractivity contribution in [2.45, 2.75) is 0 Å². The van der Waals surface area contributed by atoms with Crippen LogP contribution in [0, 0.1) is 0 Å². The molecule has 0 amide bonds. The molecule has 2 nitrogen and oxygen atoms in total. The highest BCUT2D eigenvalue weighted by atomic mass is 31.1. The lowest BCUT2D eigenvalue weighted by Gasteiger charge is -1.74. The molecule has 1 rings (SSSR count). The predicted molar refractivity (Wildman–Crippen MR) is 35.3 cm³/mol. The van der Waals surface area contributed by atoms with Crippen molar-refractivity contribution in [1.82, 2.24) is 0 Å². The standard InChI is InChI=1S/C4H4O2P2/c5-8-4-2-1-3(7)6-4/h1-2H,7H2. The molecule has 0 radical (unpaired) electrons. The van der Waals surface area contributed by atoms with E-state index in [2.05, 4.69) is 9.24 Å². The number of furan rings is 1. The Balaban J connectivity index is 3.00. The maximum Gasteiger partial charge on any atom is 0.231 e. The molecule has 0 aliphatic rings. The summed E-state index contributed by atoms with van der Waals surface area (Å²) < 4.78 is 14.9. The molecule has 0 spiro atoms. The molecular weight excluding hydrogens is 142 g/mol. The summed E-state index contributed by atoms with van der Waals surface area (Å²) in [6.07, 6.45) is 0. The number of rotatable bonds is 1. The average molecular weight is 146 g/mol. The Morgan fingerprint density at radius 3 is 2.62 bits per heavy atom. The molecular formula is C4H4O2P2. The van der Waals surface area contributed by atoms with Crippen molar-refractivity contribution in [2.75, 3.05) is 0 Å². The molecule has 0 aromatic carbocycles. The van der Waals surface area contributed by atoms with Crippen LogP contribution in [0.15, 0.2) is 16.5 Å². The zero-order valence-corrected chi connectivity index (χ0v) is 6.04. The highest BCUT2D eigenvalue weighted by Crippen LogP contribution is 1.95. The van der Waals surface area contributed by atoms with E-state index in [0.717, 1.165) is 0 Å². The van der Waals surface area contributed by atoms with Gasteiger partial charge in [0.1, 0.15) is 5.50 Å². The molecule has 1 atom stereocenters. The first kappa shape index (κ1) is 5.94. The van der Waals surface area contributed by atoms with Crippen molar-refractivity contribution < 1.29 is 8.98 Å². The fourth-order valence-electron chi connectivity index (χ4n) is 0.391. The van der Waals surface area contributed by atoms with Crippen molar-refractivity contribution >= 4 is 28.7 Å². The first-order valence-corrected chi connectivity index (χ1v) is 3.40. The van der Waals surface area contributed by atoms with Crippen LogP contribution < -0.4 is 11.0 Å². The second kappa shape index (κ2) is 2.39. The van der Waals surface area contributed by atoms with E-state index in [-0.39, 0.29) is 8.46 Å². The Morgan fingerprint density at radius 1 is 1.62 bits per heavy atom. The Morgan fingerprint density at radius 2 is 2.38 bits per heavy atom. The molecule has 1 unspecified atom stereocenters. The molecule has 1 heterocycles. The Kier molecular flexibility index (Phi) is 1.77. The summed E-state index contributed by atoms with van der Waals surface area (Å²) in [7, 11) is 2.31. The van der Waals surface area contributed by atoms with Crippen LogP contribution in [0.5, 0.6) is 0 Å². The maximum absolute atomic E-state index is 10.0. The second-order valence-electron chi connectivity index (χ2n) is 1.27. The van der Waals surface area contributed by atoms with Crippen molar-refractivity contribution in [2.24, 2.45) is 0 Å². The van der Waals surface area contributed by atoms with Crippen molar-refractivity contribution in [1.29, 1.82) is 0 Å². The lowest BCUT2D eigenvalue weighted by molar-refractivity contribution is 0.589. The summed E-state index contributed by atoms with van der Waals surface area (Å²) in [4.78, 5) is 0. The summed E-state index contributed by atoms with van der Waals surface area (Å²) >= 11 is 0. The summed E-state index contributed by atoms with van der Waals surface area (Å²) in [6, 6.07) is 3.40. The Labute approximate surface area is 50.7 Å². The van der Waals surface area contributed by atoms with Crippen LogP contribution in [0.2, 0.25) is 0 Å². The monoisotopic (exact) mass is 146 g/mol. The van der Waals surface area contributed by atoms with Crippen LogP contribution in [-0.4, -0.2) is 0 Å². The van der Waals surface area contributed by atoms with Gasteiger partial charge in [0.25, 0.3) is 0 Å². The van der Waals surface area contributed by atoms with Crippen LogP contribution >= 0.6 is 17.7 Å². The minimum absolute atomic E-state index is 0.0598. The first-order chi connectivity index (χ1) is 3.83. The molecule has 0 aliphatic heterocycles. The highest BCUT2D eigenvalue weighted by molar-refractivity contribution is 7.33. The smallest absolute Gasteiger partial charge is 0.231 e. The van der Waals surface area contributed by atoms with Crippen molar-refractivity contribution in [3.8, 4) is 0 Å². The quantitative estimate of drug-likeness (QED) is 0.545. The Hall–Kier alpha value is -0.190. The van der Waals surface area contributed by atoms with Crippen LogP contribution in [0.4, 0.5) is 0 Å². The van der Waals surface area contributed by atoms with Gasteiger partial charge in [-0.25, -0.2) is 0 Å². The van der Waals surface area contributed by atoms with Gasteiger partial charge < -0.3 is 4.42 Å². The molecule has 1 aromatic heterocycles. The van der Waals surface area contributed by atoms with Gasteiger partial charge >= 0.3 is 0 Å². The molecule has 8 heavy (non-hydrogen) atoms. The molecule has 0 aliphatic carbocycles. The van der Waals surface area contributed by atoms with Gasteiger partial charge in [-0.2, -0.15) is 0 Å². The fourth-order valence-corrected chi connectivity index (χ4v) is 0.992. The van der Waals surface area contributed by atoms with E-state index in [0.29, 0.717) is 11.0 Å². The van der Waals surface area contributed by atoms with E-state index >= 15 is 0 Å². The number of hydrogen-bond acceptors (Lipinski definition) is 2. The van der Waals surface area contributed by atoms with Crippen LogP contribution in [-0.2, 0) is 4.57 Å². The van der Waals surface area contributed by atoms with E-state index in [1.54, 1.807) is 12.1 Å². The first-order valence-electron chi connectivity index (χ1n) is 2.01. The van der Waals surface area contributed by atoms with Crippen LogP contribution in [0.25, 0.3) is 0 Å². The van der Waals surface area contributed by atoms with Gasteiger partial charge in [-0.05, 0) is 12.1 Å². The SMILES string of the molecule is O=Pc1ccc(P)o1. The summed E-state index contributed by atoms with van der Waals surface area (Å²) in [6.45, 7) is 0. The van der Waals surface area contributed by atoms with Gasteiger partial charge in [-0.1, -0.05) is 9.24 Å². The van der Waals surface area contributed by atoms with Gasteiger partial charge in [0.05, 0.1) is 0 Å². The average Bonchev–Trinajstić information content (AvgIpc) is 2.14. The molecule has 0 N–H and O–H groups in total. The molecule has 0 bridgehead atoms. The summed E-state index contributed by atoms with van der Waals surface area (Å²) in [5.41, 5.74) is 1.18. The van der Waals surface area contributed by atoms with Crippen molar-refractivity contribution in [3.05, 3.63) is 12.1 Å². The predicted octanol–water partition coefficient (Wildman–Crippen LogP) is 0.697. The molecule has 1 aromatic rings. The minimum Gasteiger partial charge on any atom is -0.450 e. The van der Waals surface area contributed by atoms with E-state index in [4.69, 9.17) is 4.42 Å². The normalized spacial score (nSPS) is 10.1. The third kappa shape index (κ3) is 1.15. The van der Waals surface area contributed by atoms with E-state index in [1.807, 2.05) is 0 Å². The number of hydrogen-bond donors (Lipinski definition) is 0. The lowest BCUT2D eigenvalue weighted by Crippen LogP contribution is -1.84. The van der Waals surface area contributed by atoms with Gasteiger partial charge in [0.15, 0.2) is 5.50 Å². The maximum atomic E-state index is 10.0. The zero-order chi connectivity index (χ0) is 5.98.